The smallest absolute Gasteiger partial charge is 0.273 e. The number of aromatic nitrogens is 5. The van der Waals surface area contributed by atoms with Gasteiger partial charge in [-0.1, -0.05) is 24.6 Å². The Bertz CT molecular complexity index is 1040. The average Bonchev–Trinajstić information content (AvgIpc) is 3.27. The molecular weight excluding hydrogens is 382 g/mol. The number of nitrogens with one attached hydrogen (secondary N) is 3. The van der Waals surface area contributed by atoms with Gasteiger partial charge in [-0.2, -0.15) is 5.10 Å². The van der Waals surface area contributed by atoms with Gasteiger partial charge in [-0.3, -0.25) is 14.7 Å². The van der Waals surface area contributed by atoms with Crippen LogP contribution in [0.5, 0.6) is 0 Å². The predicted molar refractivity (Wildman–Crippen MR) is 112 cm³/mol. The van der Waals surface area contributed by atoms with Gasteiger partial charge in [-0.25, -0.2) is 0 Å². The van der Waals surface area contributed by atoms with Crippen LogP contribution in [-0.4, -0.2) is 49.4 Å². The van der Waals surface area contributed by atoms with Gasteiger partial charge in [-0.05, 0) is 32.3 Å². The molecule has 1 aliphatic rings. The molecule has 158 valence electrons. The van der Waals surface area contributed by atoms with Crippen molar-refractivity contribution < 1.29 is 9.59 Å². The van der Waals surface area contributed by atoms with Gasteiger partial charge in [0, 0.05) is 31.3 Å². The summed E-state index contributed by atoms with van der Waals surface area (Å²) < 4.78 is 2.23. The van der Waals surface area contributed by atoms with E-state index < -0.39 is 6.04 Å². The third-order valence-corrected chi connectivity index (χ3v) is 5.49. The van der Waals surface area contributed by atoms with Gasteiger partial charge in [0.1, 0.15) is 17.7 Å². The first-order valence-corrected chi connectivity index (χ1v) is 10.6. The van der Waals surface area contributed by atoms with Gasteiger partial charge in [-0.15, -0.1) is 10.2 Å². The lowest BCUT2D eigenvalue weighted by Crippen LogP contribution is -2.45. The summed E-state index contributed by atoms with van der Waals surface area (Å²) in [6, 6.07) is 6.74. The lowest BCUT2D eigenvalue weighted by Gasteiger charge is -2.13. The van der Waals surface area contributed by atoms with Crippen LogP contribution in [0.15, 0.2) is 24.3 Å². The van der Waals surface area contributed by atoms with Crippen LogP contribution in [0.25, 0.3) is 10.9 Å². The highest BCUT2D eigenvalue weighted by Gasteiger charge is 2.20. The first-order valence-electron chi connectivity index (χ1n) is 10.6. The quantitative estimate of drug-likeness (QED) is 0.514. The number of hydrogen-bond acceptors (Lipinski definition) is 5. The molecule has 2 aromatic heterocycles. The van der Waals surface area contributed by atoms with Crippen LogP contribution in [0, 0.1) is 0 Å². The second-order valence-electron chi connectivity index (χ2n) is 7.70. The Morgan fingerprint density at radius 2 is 2.07 bits per heavy atom. The second-order valence-corrected chi connectivity index (χ2v) is 7.70. The molecular formula is C21H27N7O2. The molecule has 4 rings (SSSR count). The highest BCUT2D eigenvalue weighted by Crippen LogP contribution is 2.16. The molecule has 0 spiro atoms. The van der Waals surface area contributed by atoms with Crippen molar-refractivity contribution in [3.8, 4) is 0 Å². The summed E-state index contributed by atoms with van der Waals surface area (Å²) in [5.74, 6) is 1.48. The Balaban J connectivity index is 1.24. The molecule has 0 aliphatic carbocycles. The molecule has 1 atom stereocenters. The van der Waals surface area contributed by atoms with E-state index in [1.165, 1.54) is 12.8 Å². The van der Waals surface area contributed by atoms with Crippen LogP contribution in [-0.2, 0) is 24.2 Å². The van der Waals surface area contributed by atoms with Gasteiger partial charge < -0.3 is 15.2 Å². The van der Waals surface area contributed by atoms with Crippen molar-refractivity contribution in [1.29, 1.82) is 0 Å². The topological polar surface area (TPSA) is 118 Å². The summed E-state index contributed by atoms with van der Waals surface area (Å²) >= 11 is 0. The van der Waals surface area contributed by atoms with Crippen LogP contribution in [0.3, 0.4) is 0 Å². The SMILES string of the molecule is CC(NC(=O)c1n[nH]c2ccccc12)C(=O)NCCCc1nnc2n1CCCCC2. The normalized spacial score (nSPS) is 14.7. The third-order valence-electron chi connectivity index (χ3n) is 5.49. The minimum Gasteiger partial charge on any atom is -0.354 e. The maximum absolute atomic E-state index is 12.5. The van der Waals surface area contributed by atoms with Crippen molar-refractivity contribution in [3.05, 3.63) is 41.6 Å². The fourth-order valence-electron chi connectivity index (χ4n) is 3.81. The summed E-state index contributed by atoms with van der Waals surface area (Å²) in [7, 11) is 0. The fourth-order valence-corrected chi connectivity index (χ4v) is 3.81. The highest BCUT2D eigenvalue weighted by atomic mass is 16.2. The monoisotopic (exact) mass is 409 g/mol. The number of carbonyl (C=O) groups is 2. The van der Waals surface area contributed by atoms with Crippen molar-refractivity contribution in [2.45, 2.75) is 58.0 Å². The van der Waals surface area contributed by atoms with Gasteiger partial charge in [0.15, 0.2) is 5.69 Å². The standard InChI is InChI=1S/C21H27N7O2/c1-14(23-21(30)19-15-8-4-5-9-16(15)24-27-19)20(29)22-12-7-11-18-26-25-17-10-3-2-6-13-28(17)18/h4-5,8-9,14H,2-3,6-7,10-13H2,1H3,(H,22,29)(H,23,30)(H,24,27). The molecule has 9 nitrogen and oxygen atoms in total. The maximum Gasteiger partial charge on any atom is 0.273 e. The maximum atomic E-state index is 12.5. The fraction of sp³-hybridized carbons (Fsp3) is 0.476. The summed E-state index contributed by atoms with van der Waals surface area (Å²) in [6.07, 6.45) is 6.10. The Kier molecular flexibility index (Phi) is 6.06. The Hall–Kier alpha value is -3.23. The molecule has 0 saturated heterocycles. The van der Waals surface area contributed by atoms with Gasteiger partial charge in [0.05, 0.1) is 5.52 Å². The summed E-state index contributed by atoms with van der Waals surface area (Å²) in [5.41, 5.74) is 1.07. The van der Waals surface area contributed by atoms with E-state index in [2.05, 4.69) is 35.6 Å². The van der Waals surface area contributed by atoms with Crippen molar-refractivity contribution in [3.63, 3.8) is 0 Å². The van der Waals surface area contributed by atoms with Gasteiger partial charge >= 0.3 is 0 Å². The molecule has 1 aliphatic heterocycles. The number of fused-ring (bicyclic) bond motifs is 2. The van der Waals surface area contributed by atoms with Gasteiger partial charge in [0.2, 0.25) is 5.91 Å². The van der Waals surface area contributed by atoms with Crippen LogP contribution in [0.2, 0.25) is 0 Å². The number of aromatic amines is 1. The number of hydrogen-bond donors (Lipinski definition) is 3. The number of para-hydroxylation sites is 1. The van der Waals surface area contributed by atoms with E-state index in [0.717, 1.165) is 54.8 Å². The van der Waals surface area contributed by atoms with E-state index in [1.54, 1.807) is 6.92 Å². The van der Waals surface area contributed by atoms with Crippen molar-refractivity contribution >= 4 is 22.7 Å². The predicted octanol–water partition coefficient (Wildman–Crippen LogP) is 1.75. The van der Waals surface area contributed by atoms with E-state index in [-0.39, 0.29) is 17.5 Å². The molecule has 3 aromatic rings. The van der Waals surface area contributed by atoms with Crippen molar-refractivity contribution in [2.75, 3.05) is 6.54 Å². The van der Waals surface area contributed by atoms with Crippen LogP contribution >= 0.6 is 0 Å². The molecule has 1 unspecified atom stereocenters. The first-order chi connectivity index (χ1) is 14.6. The summed E-state index contributed by atoms with van der Waals surface area (Å²) in [6.45, 7) is 3.17. The molecule has 0 fully saturated rings. The van der Waals surface area contributed by atoms with Crippen molar-refractivity contribution in [1.82, 2.24) is 35.6 Å². The molecule has 2 amide bonds. The summed E-state index contributed by atoms with van der Waals surface area (Å²) in [4.78, 5) is 24.9. The number of benzene rings is 1. The third kappa shape index (κ3) is 4.34. The lowest BCUT2D eigenvalue weighted by molar-refractivity contribution is -0.122. The Labute approximate surface area is 174 Å². The Morgan fingerprint density at radius 3 is 2.97 bits per heavy atom. The first kappa shape index (κ1) is 20.1. The average molecular weight is 409 g/mol. The number of H-pyrrole nitrogens is 1. The number of nitrogens with zero attached hydrogens (tertiary/aromatic N) is 4. The molecule has 1 aromatic carbocycles. The van der Waals surface area contributed by atoms with E-state index >= 15 is 0 Å². The van der Waals surface area contributed by atoms with Crippen LogP contribution in [0.4, 0.5) is 0 Å². The highest BCUT2D eigenvalue weighted by molar-refractivity contribution is 6.05. The zero-order valence-electron chi connectivity index (χ0n) is 17.1. The molecule has 3 N–H and O–H groups in total. The van der Waals surface area contributed by atoms with Crippen LogP contribution < -0.4 is 10.6 Å². The Morgan fingerprint density at radius 1 is 1.20 bits per heavy atom. The minimum absolute atomic E-state index is 0.219. The molecule has 30 heavy (non-hydrogen) atoms. The van der Waals surface area contributed by atoms with Gasteiger partial charge in [0.25, 0.3) is 5.91 Å². The molecule has 0 saturated carbocycles. The number of aryl methyl sites for hydroxylation is 2. The number of amides is 2. The number of rotatable bonds is 7. The van der Waals surface area contributed by atoms with Crippen LogP contribution in [0.1, 0.15) is 54.7 Å². The van der Waals surface area contributed by atoms with Crippen molar-refractivity contribution in [2.24, 2.45) is 0 Å². The second kappa shape index (κ2) is 9.06. The molecule has 9 heteroatoms. The largest absolute Gasteiger partial charge is 0.354 e. The van der Waals surface area contributed by atoms with E-state index in [0.29, 0.717) is 6.54 Å². The van der Waals surface area contributed by atoms with E-state index in [4.69, 9.17) is 0 Å². The number of carbonyl (C=O) groups excluding carboxylic acids is 2. The zero-order valence-corrected chi connectivity index (χ0v) is 17.1. The molecule has 0 radical (unpaired) electrons. The molecule has 3 heterocycles. The lowest BCUT2D eigenvalue weighted by atomic mass is 10.2. The summed E-state index contributed by atoms with van der Waals surface area (Å²) in [5, 5.41) is 21.9. The minimum atomic E-state index is -0.655. The molecule has 0 bridgehead atoms. The zero-order chi connectivity index (χ0) is 20.9. The van der Waals surface area contributed by atoms with E-state index in [1.807, 2.05) is 24.3 Å². The van der Waals surface area contributed by atoms with E-state index in [9.17, 15) is 9.59 Å².